The molecule has 4 nitrogen and oxygen atoms in total. The van der Waals surface area contributed by atoms with Gasteiger partial charge in [0.05, 0.1) is 0 Å². The van der Waals surface area contributed by atoms with Crippen molar-refractivity contribution in [3.8, 4) is 0 Å². The van der Waals surface area contributed by atoms with E-state index in [1.807, 2.05) is 0 Å². The van der Waals surface area contributed by atoms with Crippen LogP contribution in [0.1, 0.15) is 87.3 Å². The number of benzene rings is 2. The van der Waals surface area contributed by atoms with Crippen molar-refractivity contribution in [3.63, 3.8) is 0 Å². The van der Waals surface area contributed by atoms with E-state index >= 15 is 0 Å². The summed E-state index contributed by atoms with van der Waals surface area (Å²) in [5.41, 5.74) is 11.0. The van der Waals surface area contributed by atoms with Gasteiger partial charge in [0.25, 0.3) is 0 Å². The summed E-state index contributed by atoms with van der Waals surface area (Å²) < 4.78 is 6.03. The SMILES string of the molecule is O=C(c1ccc(C2=c3cc4c5c(c3[Se]c3c2cc2c6c3CCCN6CCC2)CCC[N+]=5CCC4)s1)N1CCCCC1.[Cl-]. The van der Waals surface area contributed by atoms with Gasteiger partial charge in [0.15, 0.2) is 0 Å². The van der Waals surface area contributed by atoms with Crippen LogP contribution < -0.4 is 41.4 Å². The van der Waals surface area contributed by atoms with E-state index in [9.17, 15) is 4.79 Å². The molecule has 7 heterocycles. The van der Waals surface area contributed by atoms with Crippen molar-refractivity contribution < 1.29 is 17.2 Å². The third kappa shape index (κ3) is 4.19. The standard InChI is InChI=1S/C35H38N3OSSe.ClH/c39-35(38-14-2-1-3-15-38)29-13-12-28(40-29)30-26-20-22-8-4-16-36-18-6-10-24(31(22)36)33(26)41-34-25-11-7-19-37-17-5-9-23(32(25)37)21-27(30)34;/h12-13,20-21H,1-11,14-19H2;1H/q+1;/p-1. The van der Waals surface area contributed by atoms with Crippen LogP contribution in [0.2, 0.25) is 0 Å². The second kappa shape index (κ2) is 10.8. The van der Waals surface area contributed by atoms with Gasteiger partial charge in [-0.25, -0.2) is 0 Å². The van der Waals surface area contributed by atoms with Crippen LogP contribution in [0.4, 0.5) is 5.69 Å². The Morgan fingerprint density at radius 2 is 1.55 bits per heavy atom. The molecule has 1 fully saturated rings. The molecule has 0 N–H and O–H groups in total. The summed E-state index contributed by atoms with van der Waals surface area (Å²) in [6, 6.07) is 9.64. The molecular weight excluding hydrogens is 625 g/mol. The largest absolute Gasteiger partial charge is 1.00 e. The topological polar surface area (TPSA) is 26.6 Å². The van der Waals surface area contributed by atoms with Gasteiger partial charge in [-0.1, -0.05) is 0 Å². The van der Waals surface area contributed by atoms with Gasteiger partial charge in [-0.3, -0.25) is 0 Å². The van der Waals surface area contributed by atoms with E-state index in [2.05, 4.69) is 38.6 Å². The Morgan fingerprint density at radius 3 is 2.40 bits per heavy atom. The van der Waals surface area contributed by atoms with E-state index in [0.29, 0.717) is 15.0 Å². The first kappa shape index (κ1) is 27.4. The third-order valence-electron chi connectivity index (χ3n) is 10.4. The van der Waals surface area contributed by atoms with Gasteiger partial charge in [-0.05, 0) is 0 Å². The van der Waals surface area contributed by atoms with Crippen molar-refractivity contribution in [2.24, 2.45) is 0 Å². The van der Waals surface area contributed by atoms with Gasteiger partial charge < -0.3 is 12.4 Å². The van der Waals surface area contributed by atoms with Gasteiger partial charge in [0, 0.05) is 0 Å². The van der Waals surface area contributed by atoms with Crippen LogP contribution in [0.5, 0.6) is 0 Å². The Labute approximate surface area is 265 Å². The van der Waals surface area contributed by atoms with E-state index in [-0.39, 0.29) is 18.3 Å². The number of aryl methyl sites for hydroxylation is 2. The number of likely N-dealkylation sites (tertiary alicyclic amines) is 1. The Morgan fingerprint density at radius 1 is 0.786 bits per heavy atom. The predicted octanol–water partition coefficient (Wildman–Crippen LogP) is -0.324. The van der Waals surface area contributed by atoms with Crippen molar-refractivity contribution in [2.75, 3.05) is 44.2 Å². The molecule has 0 unspecified atom stereocenters. The molecule has 218 valence electrons. The maximum Gasteiger partial charge on any atom is -1.00 e. The van der Waals surface area contributed by atoms with Crippen LogP contribution in [0, 0.1) is 0 Å². The molecule has 42 heavy (non-hydrogen) atoms. The molecule has 0 spiro atoms. The van der Waals surface area contributed by atoms with Gasteiger partial charge in [0.1, 0.15) is 0 Å². The summed E-state index contributed by atoms with van der Waals surface area (Å²) >= 11 is 2.07. The van der Waals surface area contributed by atoms with Crippen LogP contribution in [0.15, 0.2) is 24.3 Å². The fourth-order valence-electron chi connectivity index (χ4n) is 8.62. The molecule has 0 bridgehead atoms. The van der Waals surface area contributed by atoms with Crippen LogP contribution in [-0.2, 0) is 25.7 Å². The van der Waals surface area contributed by atoms with Crippen molar-refractivity contribution >= 4 is 52.4 Å². The van der Waals surface area contributed by atoms with Gasteiger partial charge in [-0.2, -0.15) is 0 Å². The van der Waals surface area contributed by atoms with Gasteiger partial charge in [-0.15, -0.1) is 0 Å². The number of fused-ring (bicyclic) bond motifs is 4. The molecule has 0 radical (unpaired) electrons. The maximum atomic E-state index is 13.6. The number of hydrogen-bond donors (Lipinski definition) is 0. The Bertz CT molecular complexity index is 1750. The fourth-order valence-corrected chi connectivity index (χ4v) is 12.6. The molecule has 6 aliphatic heterocycles. The van der Waals surface area contributed by atoms with E-state index < -0.39 is 0 Å². The predicted molar refractivity (Wildman–Crippen MR) is 169 cm³/mol. The number of thiophene rings is 1. The molecule has 6 aliphatic rings. The zero-order valence-corrected chi connectivity index (χ0v) is 27.6. The van der Waals surface area contributed by atoms with Gasteiger partial charge >= 0.3 is 254 Å². The van der Waals surface area contributed by atoms with E-state index in [4.69, 9.17) is 0 Å². The monoisotopic (exact) mass is 663 g/mol. The first-order chi connectivity index (χ1) is 20.2. The molecule has 2 aromatic carbocycles. The van der Waals surface area contributed by atoms with Crippen molar-refractivity contribution in [2.45, 2.75) is 70.6 Å². The number of amides is 1. The summed E-state index contributed by atoms with van der Waals surface area (Å²) in [6.07, 6.45) is 13.5. The molecular formula is C35H38ClN3OSSe. The number of carbonyl (C=O) groups excluding carboxylic acids is 1. The zero-order valence-electron chi connectivity index (χ0n) is 24.3. The van der Waals surface area contributed by atoms with E-state index in [1.54, 1.807) is 53.6 Å². The molecule has 0 atom stereocenters. The molecule has 1 amide bonds. The third-order valence-corrected chi connectivity index (χ3v) is 14.3. The van der Waals surface area contributed by atoms with E-state index in [0.717, 1.165) is 30.8 Å². The zero-order chi connectivity index (χ0) is 27.1. The van der Waals surface area contributed by atoms with Crippen LogP contribution >= 0.6 is 11.3 Å². The molecule has 0 aliphatic carbocycles. The molecule has 3 aromatic rings. The number of halogens is 1. The number of nitrogens with zero attached hydrogens (tertiary/aromatic N) is 3. The summed E-state index contributed by atoms with van der Waals surface area (Å²) in [7, 11) is 0. The smallest absolute Gasteiger partial charge is 1.00 e. The number of hydrogen-bond acceptors (Lipinski definition) is 3. The minimum atomic E-state index is 0. The summed E-state index contributed by atoms with van der Waals surface area (Å²) in [6.45, 7) is 6.71. The van der Waals surface area contributed by atoms with Crippen molar-refractivity contribution in [3.05, 3.63) is 72.4 Å². The van der Waals surface area contributed by atoms with Crippen molar-refractivity contribution in [1.82, 2.24) is 9.48 Å². The average molecular weight is 663 g/mol. The number of anilines is 1. The quantitative estimate of drug-likeness (QED) is 0.218. The summed E-state index contributed by atoms with van der Waals surface area (Å²) in [4.78, 5) is 20.6. The fraction of sp³-hybridized carbons (Fsp3) is 0.486. The number of rotatable bonds is 2. The minimum absolute atomic E-state index is 0. The second-order valence-electron chi connectivity index (χ2n) is 12.9. The Hall–Kier alpha value is -2.11. The summed E-state index contributed by atoms with van der Waals surface area (Å²) in [5.74, 6) is 0.245. The normalized spacial score (nSPS) is 20.3. The molecule has 1 aromatic heterocycles. The number of piperidine rings is 1. The second-order valence-corrected chi connectivity index (χ2v) is 16.1. The first-order valence-corrected chi connectivity index (χ1v) is 18.6. The first-order valence-electron chi connectivity index (χ1n) is 16.1. The van der Waals surface area contributed by atoms with Crippen molar-refractivity contribution in [1.29, 1.82) is 0 Å². The molecule has 7 heteroatoms. The average Bonchev–Trinajstić information content (AvgIpc) is 3.51. The van der Waals surface area contributed by atoms with Crippen LogP contribution in [0.3, 0.4) is 0 Å². The Kier molecular flexibility index (Phi) is 7.06. The summed E-state index contributed by atoms with van der Waals surface area (Å²) in [5, 5.41) is 3.11. The molecule has 0 saturated carbocycles. The Balaban J connectivity index is 0.00000267. The maximum absolute atomic E-state index is 13.6. The van der Waals surface area contributed by atoms with Crippen LogP contribution in [-0.4, -0.2) is 65.0 Å². The molecule has 9 rings (SSSR count). The molecule has 1 saturated heterocycles. The van der Waals surface area contributed by atoms with Gasteiger partial charge in [0.2, 0.25) is 0 Å². The number of carbonyl (C=O) groups is 1. The minimum Gasteiger partial charge on any atom is -1.00 e. The van der Waals surface area contributed by atoms with E-state index in [1.165, 1.54) is 105 Å². The van der Waals surface area contributed by atoms with Crippen LogP contribution in [0.25, 0.3) is 5.57 Å².